The van der Waals surface area contributed by atoms with Crippen LogP contribution in [0.5, 0.6) is 0 Å². The van der Waals surface area contributed by atoms with Crippen molar-refractivity contribution in [1.82, 2.24) is 5.32 Å². The maximum Gasteiger partial charge on any atom is 0.137 e. The van der Waals surface area contributed by atoms with Crippen LogP contribution in [0.3, 0.4) is 0 Å². The lowest BCUT2D eigenvalue weighted by molar-refractivity contribution is 0.173. The van der Waals surface area contributed by atoms with Crippen LogP contribution in [0.25, 0.3) is 0 Å². The van der Waals surface area contributed by atoms with E-state index >= 15 is 0 Å². The topological polar surface area (TPSA) is 32.3 Å². The Labute approximate surface area is 104 Å². The van der Waals surface area contributed by atoms with Crippen LogP contribution < -0.4 is 5.32 Å². The van der Waals surface area contributed by atoms with Gasteiger partial charge in [0.05, 0.1) is 10.6 Å². The van der Waals surface area contributed by atoms with Crippen molar-refractivity contribution in [3.05, 3.63) is 34.1 Å². The predicted octanol–water partition coefficient (Wildman–Crippen LogP) is 2.87. The Hall–Kier alpha value is -0.450. The summed E-state index contributed by atoms with van der Waals surface area (Å²) in [5.74, 6) is 0.234. The van der Waals surface area contributed by atoms with Crippen LogP contribution in [-0.4, -0.2) is 18.2 Å². The molecular formula is C12H17BrFNO. The van der Waals surface area contributed by atoms with Gasteiger partial charge in [0.1, 0.15) is 5.82 Å². The van der Waals surface area contributed by atoms with Crippen molar-refractivity contribution in [3.8, 4) is 0 Å². The van der Waals surface area contributed by atoms with E-state index in [1.165, 1.54) is 6.07 Å². The number of halogens is 2. The molecule has 0 amide bonds. The van der Waals surface area contributed by atoms with E-state index in [1.807, 2.05) is 0 Å². The molecule has 0 spiro atoms. The van der Waals surface area contributed by atoms with Gasteiger partial charge in [-0.15, -0.1) is 0 Å². The Morgan fingerprint density at radius 2 is 2.06 bits per heavy atom. The molecular weight excluding hydrogens is 273 g/mol. The van der Waals surface area contributed by atoms with E-state index < -0.39 is 6.10 Å². The lowest BCUT2D eigenvalue weighted by atomic mass is 10.1. The molecule has 0 aliphatic rings. The van der Waals surface area contributed by atoms with Gasteiger partial charge in [-0.2, -0.15) is 0 Å². The van der Waals surface area contributed by atoms with Gasteiger partial charge in [-0.05, 0) is 46.1 Å². The first-order chi connectivity index (χ1) is 7.50. The minimum Gasteiger partial charge on any atom is -0.387 e. The molecule has 0 bridgehead atoms. The van der Waals surface area contributed by atoms with Crippen molar-refractivity contribution in [2.24, 2.45) is 5.92 Å². The summed E-state index contributed by atoms with van der Waals surface area (Å²) in [7, 11) is 0. The van der Waals surface area contributed by atoms with Gasteiger partial charge in [-0.25, -0.2) is 4.39 Å². The van der Waals surface area contributed by atoms with Crippen molar-refractivity contribution in [1.29, 1.82) is 0 Å². The van der Waals surface area contributed by atoms with E-state index in [1.54, 1.807) is 12.1 Å². The molecule has 0 fully saturated rings. The second-order valence-corrected chi connectivity index (χ2v) is 5.10. The van der Waals surface area contributed by atoms with Crippen LogP contribution >= 0.6 is 15.9 Å². The lowest BCUT2D eigenvalue weighted by Gasteiger charge is -2.14. The summed E-state index contributed by atoms with van der Waals surface area (Å²) in [6.07, 6.45) is -0.601. The van der Waals surface area contributed by atoms with Crippen molar-refractivity contribution in [3.63, 3.8) is 0 Å². The molecule has 2 N–H and O–H groups in total. The van der Waals surface area contributed by atoms with E-state index in [4.69, 9.17) is 0 Å². The third-order valence-electron chi connectivity index (χ3n) is 2.22. The van der Waals surface area contributed by atoms with Crippen molar-refractivity contribution < 1.29 is 9.50 Å². The standard InChI is InChI=1S/C12H17BrFNO/c1-8(2)6-15-7-12(16)9-3-4-11(14)10(13)5-9/h3-5,8,12,15-16H,6-7H2,1-2H3. The molecule has 1 aromatic carbocycles. The minimum absolute atomic E-state index is 0.314. The molecule has 0 saturated heterocycles. The second kappa shape index (κ2) is 6.33. The summed E-state index contributed by atoms with van der Waals surface area (Å²) in [4.78, 5) is 0. The third-order valence-corrected chi connectivity index (χ3v) is 2.83. The molecule has 1 atom stereocenters. The average molecular weight is 290 g/mol. The number of nitrogens with one attached hydrogen (secondary N) is 1. The summed E-state index contributed by atoms with van der Waals surface area (Å²) in [5.41, 5.74) is 0.713. The van der Waals surface area contributed by atoms with Crippen molar-refractivity contribution in [2.75, 3.05) is 13.1 Å². The van der Waals surface area contributed by atoms with Gasteiger partial charge >= 0.3 is 0 Å². The van der Waals surface area contributed by atoms with E-state index in [0.717, 1.165) is 6.54 Å². The van der Waals surface area contributed by atoms with Gasteiger partial charge in [-0.1, -0.05) is 19.9 Å². The summed E-state index contributed by atoms with van der Waals surface area (Å²) >= 11 is 3.10. The van der Waals surface area contributed by atoms with Gasteiger partial charge in [0.15, 0.2) is 0 Å². The van der Waals surface area contributed by atoms with Crippen LogP contribution in [0.2, 0.25) is 0 Å². The fraction of sp³-hybridized carbons (Fsp3) is 0.500. The van der Waals surface area contributed by atoms with Crippen LogP contribution in [0.4, 0.5) is 4.39 Å². The monoisotopic (exact) mass is 289 g/mol. The molecule has 0 radical (unpaired) electrons. The first kappa shape index (κ1) is 13.6. The second-order valence-electron chi connectivity index (χ2n) is 4.24. The molecule has 0 aliphatic heterocycles. The number of aliphatic hydroxyl groups is 1. The van der Waals surface area contributed by atoms with Crippen molar-refractivity contribution >= 4 is 15.9 Å². The number of hydrogen-bond acceptors (Lipinski definition) is 2. The molecule has 0 saturated carbocycles. The summed E-state index contributed by atoms with van der Waals surface area (Å²) in [6, 6.07) is 4.56. The minimum atomic E-state index is -0.601. The molecule has 1 rings (SSSR count). The quantitative estimate of drug-likeness (QED) is 0.874. The smallest absolute Gasteiger partial charge is 0.137 e. The molecule has 1 aromatic rings. The van der Waals surface area contributed by atoms with Gasteiger partial charge < -0.3 is 10.4 Å². The Morgan fingerprint density at radius 1 is 1.38 bits per heavy atom. The van der Waals surface area contributed by atoms with Gasteiger partial charge in [0.2, 0.25) is 0 Å². The molecule has 2 nitrogen and oxygen atoms in total. The number of aliphatic hydroxyl groups excluding tert-OH is 1. The SMILES string of the molecule is CC(C)CNCC(O)c1ccc(F)c(Br)c1. The molecule has 90 valence electrons. The Bertz CT molecular complexity index is 344. The number of rotatable bonds is 5. The average Bonchev–Trinajstić information content (AvgIpc) is 2.21. The lowest BCUT2D eigenvalue weighted by Crippen LogP contribution is -2.25. The van der Waals surface area contributed by atoms with E-state index in [-0.39, 0.29) is 5.82 Å². The van der Waals surface area contributed by atoms with Crippen LogP contribution in [-0.2, 0) is 0 Å². The van der Waals surface area contributed by atoms with Crippen LogP contribution in [0.15, 0.2) is 22.7 Å². The fourth-order valence-corrected chi connectivity index (χ4v) is 1.74. The van der Waals surface area contributed by atoms with Gasteiger partial charge in [0, 0.05) is 6.54 Å². The Morgan fingerprint density at radius 3 is 2.62 bits per heavy atom. The molecule has 16 heavy (non-hydrogen) atoms. The first-order valence-corrected chi connectivity index (χ1v) is 6.13. The fourth-order valence-electron chi connectivity index (χ4n) is 1.35. The van der Waals surface area contributed by atoms with Gasteiger partial charge in [0.25, 0.3) is 0 Å². The molecule has 1 unspecified atom stereocenters. The largest absolute Gasteiger partial charge is 0.387 e. The number of benzene rings is 1. The highest BCUT2D eigenvalue weighted by atomic mass is 79.9. The highest BCUT2D eigenvalue weighted by Crippen LogP contribution is 2.20. The molecule has 4 heteroatoms. The van der Waals surface area contributed by atoms with Crippen molar-refractivity contribution in [2.45, 2.75) is 20.0 Å². The summed E-state index contributed by atoms with van der Waals surface area (Å²) in [5, 5.41) is 13.0. The zero-order chi connectivity index (χ0) is 12.1. The molecule has 0 aromatic heterocycles. The normalized spacial score (nSPS) is 13.1. The highest BCUT2D eigenvalue weighted by molar-refractivity contribution is 9.10. The van der Waals surface area contributed by atoms with E-state index in [0.29, 0.717) is 22.5 Å². The Kier molecular flexibility index (Phi) is 5.38. The zero-order valence-electron chi connectivity index (χ0n) is 9.50. The summed E-state index contributed by atoms with van der Waals surface area (Å²) in [6.45, 7) is 5.55. The molecule has 0 heterocycles. The van der Waals surface area contributed by atoms with Crippen LogP contribution in [0.1, 0.15) is 25.5 Å². The Balaban J connectivity index is 2.52. The summed E-state index contributed by atoms with van der Waals surface area (Å²) < 4.78 is 13.4. The zero-order valence-corrected chi connectivity index (χ0v) is 11.1. The van der Waals surface area contributed by atoms with E-state index in [9.17, 15) is 9.50 Å². The predicted molar refractivity (Wildman–Crippen MR) is 66.8 cm³/mol. The molecule has 0 aliphatic carbocycles. The van der Waals surface area contributed by atoms with Gasteiger partial charge in [-0.3, -0.25) is 0 Å². The third kappa shape index (κ3) is 4.20. The highest BCUT2D eigenvalue weighted by Gasteiger charge is 2.09. The van der Waals surface area contributed by atoms with E-state index in [2.05, 4.69) is 35.1 Å². The maximum absolute atomic E-state index is 13.0. The van der Waals surface area contributed by atoms with Crippen LogP contribution in [0, 0.1) is 11.7 Å². The first-order valence-electron chi connectivity index (χ1n) is 5.34. The maximum atomic E-state index is 13.0. The number of hydrogen-bond donors (Lipinski definition) is 2.